The summed E-state index contributed by atoms with van der Waals surface area (Å²) >= 11 is 13.9. The smallest absolute Gasteiger partial charge is 0.220 e. The molecule has 0 bridgehead atoms. The van der Waals surface area contributed by atoms with Crippen LogP contribution in [-0.4, -0.2) is 60.4 Å². The van der Waals surface area contributed by atoms with E-state index in [4.69, 9.17) is 37.7 Å². The van der Waals surface area contributed by atoms with Gasteiger partial charge in [0.15, 0.2) is 0 Å². The van der Waals surface area contributed by atoms with Gasteiger partial charge in [-0.1, -0.05) is 47.5 Å². The predicted molar refractivity (Wildman–Crippen MR) is 178 cm³/mol. The summed E-state index contributed by atoms with van der Waals surface area (Å²) in [4.78, 5) is 20.7. The van der Waals surface area contributed by atoms with E-state index in [1.54, 1.807) is 32.4 Å². The third kappa shape index (κ3) is 7.59. The molecule has 5 rings (SSSR count). The van der Waals surface area contributed by atoms with E-state index in [1.807, 2.05) is 30.3 Å². The molecule has 1 fully saturated rings. The number of methoxy groups -OCH3 is 2. The summed E-state index contributed by atoms with van der Waals surface area (Å²) in [6.07, 6.45) is 2.41. The number of rotatable bonds is 13. The quantitative estimate of drug-likeness (QED) is 0.142. The number of halogens is 3. The van der Waals surface area contributed by atoms with Crippen LogP contribution < -0.4 is 25.4 Å². The topological polar surface area (TPSA) is 118 Å². The molecule has 1 amide bonds. The van der Waals surface area contributed by atoms with Crippen molar-refractivity contribution in [3.8, 4) is 45.3 Å². The minimum absolute atomic E-state index is 0.0836. The van der Waals surface area contributed by atoms with Gasteiger partial charge in [-0.3, -0.25) is 9.78 Å². The van der Waals surface area contributed by atoms with Crippen LogP contribution in [0.2, 0.25) is 10.0 Å². The molecule has 1 aliphatic rings. The Morgan fingerprint density at radius 3 is 2.54 bits per heavy atom. The maximum Gasteiger partial charge on any atom is 0.220 e. The van der Waals surface area contributed by atoms with Crippen molar-refractivity contribution in [1.29, 1.82) is 0 Å². The molecule has 2 atom stereocenters. The second-order valence-electron chi connectivity index (χ2n) is 11.1. The van der Waals surface area contributed by atoms with Gasteiger partial charge in [-0.05, 0) is 37.6 Å². The lowest BCUT2D eigenvalue weighted by molar-refractivity contribution is -0.119. The maximum atomic E-state index is 15.3. The highest BCUT2D eigenvalue weighted by Gasteiger charge is 2.22. The lowest BCUT2D eigenvalue weighted by Crippen LogP contribution is -2.35. The molecule has 0 radical (unpaired) electrons. The lowest BCUT2D eigenvalue weighted by atomic mass is 9.99. The maximum absolute atomic E-state index is 15.3. The average Bonchev–Trinajstić information content (AvgIpc) is 3.46. The summed E-state index contributed by atoms with van der Waals surface area (Å²) in [6.45, 7) is 3.32. The van der Waals surface area contributed by atoms with E-state index in [-0.39, 0.29) is 18.5 Å². The normalized spacial score (nSPS) is 15.1. The molecule has 0 unspecified atom stereocenters. The number of hydrogen-bond acceptors (Lipinski definition) is 8. The highest BCUT2D eigenvalue weighted by molar-refractivity contribution is 6.39. The van der Waals surface area contributed by atoms with Crippen LogP contribution in [0, 0.1) is 5.82 Å². The van der Waals surface area contributed by atoms with Crippen LogP contribution in [0.1, 0.15) is 30.9 Å². The second kappa shape index (κ2) is 15.2. The monoisotopic (exact) mass is 667 g/mol. The van der Waals surface area contributed by atoms with Gasteiger partial charge in [-0.25, -0.2) is 9.37 Å². The van der Waals surface area contributed by atoms with E-state index in [1.165, 1.54) is 13.2 Å². The Balaban J connectivity index is 1.41. The van der Waals surface area contributed by atoms with Crippen LogP contribution in [0.5, 0.6) is 11.6 Å². The molecule has 0 spiro atoms. The average molecular weight is 669 g/mol. The van der Waals surface area contributed by atoms with Gasteiger partial charge in [0, 0.05) is 78.2 Å². The van der Waals surface area contributed by atoms with Crippen molar-refractivity contribution in [2.24, 2.45) is 0 Å². The van der Waals surface area contributed by atoms with E-state index in [9.17, 15) is 9.90 Å². The molecule has 0 aliphatic carbocycles. The number of amides is 1. The standard InChI is InChI=1S/C34H36Cl2FN5O4/c1-19(43)15-38-18-26-27(37)13-21(14-29(26)45-2)33-32(36)24(11-12-40-33)23-5-4-6-25(31(23)35)28-9-7-20(34(42-28)46-3)16-39-17-22-8-10-30(44)41-22/h4-7,9,11-14,19,22,38-39,43H,8,10,15-18H2,1-3H3,(H,41,44)/t19-,22+/m1/s1. The Kier molecular flexibility index (Phi) is 11.1. The van der Waals surface area contributed by atoms with E-state index in [0.717, 1.165) is 12.0 Å². The first-order valence-corrected chi connectivity index (χ1v) is 15.7. The number of hydrogen-bond donors (Lipinski definition) is 4. The summed E-state index contributed by atoms with van der Waals surface area (Å²) < 4.78 is 26.4. The molecular weight excluding hydrogens is 632 g/mol. The van der Waals surface area contributed by atoms with Crippen molar-refractivity contribution < 1.29 is 23.8 Å². The number of aromatic nitrogens is 2. The summed E-state index contributed by atoms with van der Waals surface area (Å²) in [5, 5.41) is 19.6. The van der Waals surface area contributed by atoms with Crippen molar-refractivity contribution in [2.75, 3.05) is 27.3 Å². The Bertz CT molecular complexity index is 1720. The van der Waals surface area contributed by atoms with E-state index >= 15 is 4.39 Å². The molecule has 3 heterocycles. The summed E-state index contributed by atoms with van der Waals surface area (Å²) in [6, 6.07) is 14.3. The van der Waals surface area contributed by atoms with Crippen molar-refractivity contribution in [2.45, 2.75) is 45.0 Å². The molecule has 2 aromatic heterocycles. The Morgan fingerprint density at radius 1 is 1.04 bits per heavy atom. The highest BCUT2D eigenvalue weighted by Crippen LogP contribution is 2.42. The SMILES string of the molecule is COc1cc(-c2nccc(-c3cccc(-c4ccc(CNC[C@@H]5CCC(=O)N5)c(OC)n4)c3Cl)c2Cl)cc(F)c1CNC[C@@H](C)O. The third-order valence-corrected chi connectivity index (χ3v) is 8.56. The van der Waals surface area contributed by atoms with Gasteiger partial charge in [0.2, 0.25) is 11.8 Å². The molecule has 9 nitrogen and oxygen atoms in total. The zero-order valence-corrected chi connectivity index (χ0v) is 27.3. The number of benzene rings is 2. The minimum Gasteiger partial charge on any atom is -0.496 e. The third-order valence-electron chi connectivity index (χ3n) is 7.77. The minimum atomic E-state index is -0.567. The van der Waals surface area contributed by atoms with Gasteiger partial charge in [-0.15, -0.1) is 0 Å². The van der Waals surface area contributed by atoms with Crippen LogP contribution in [0.25, 0.3) is 33.6 Å². The first-order valence-electron chi connectivity index (χ1n) is 14.9. The first-order chi connectivity index (χ1) is 22.2. The summed E-state index contributed by atoms with van der Waals surface area (Å²) in [7, 11) is 3.04. The molecule has 1 aliphatic heterocycles. The second-order valence-corrected chi connectivity index (χ2v) is 11.9. The molecular formula is C34H36Cl2FN5O4. The molecule has 2 aromatic carbocycles. The molecule has 46 heavy (non-hydrogen) atoms. The van der Waals surface area contributed by atoms with Crippen LogP contribution >= 0.6 is 23.2 Å². The molecule has 242 valence electrons. The van der Waals surface area contributed by atoms with Gasteiger partial charge in [0.1, 0.15) is 11.6 Å². The van der Waals surface area contributed by atoms with Crippen molar-refractivity contribution >= 4 is 29.1 Å². The number of carbonyl (C=O) groups is 1. The van der Waals surface area contributed by atoms with Crippen molar-refractivity contribution in [3.63, 3.8) is 0 Å². The fourth-order valence-corrected chi connectivity index (χ4v) is 6.09. The first kappa shape index (κ1) is 33.6. The molecule has 1 saturated heterocycles. The molecule has 12 heteroatoms. The largest absolute Gasteiger partial charge is 0.496 e. The fraction of sp³-hybridized carbons (Fsp3) is 0.324. The Labute approximate surface area is 277 Å². The van der Waals surface area contributed by atoms with Crippen molar-refractivity contribution in [3.05, 3.63) is 81.7 Å². The van der Waals surface area contributed by atoms with Crippen LogP contribution in [0.15, 0.2) is 54.7 Å². The van der Waals surface area contributed by atoms with Gasteiger partial charge in [0.05, 0.1) is 41.8 Å². The van der Waals surface area contributed by atoms with Gasteiger partial charge < -0.3 is 30.5 Å². The Morgan fingerprint density at radius 2 is 1.83 bits per heavy atom. The zero-order valence-electron chi connectivity index (χ0n) is 25.8. The summed E-state index contributed by atoms with van der Waals surface area (Å²) in [5.74, 6) is 0.395. The van der Waals surface area contributed by atoms with Crippen molar-refractivity contribution in [1.82, 2.24) is 25.9 Å². The predicted octanol–water partition coefficient (Wildman–Crippen LogP) is 5.78. The molecule has 0 saturated carbocycles. The number of carbonyl (C=O) groups excluding carboxylic acids is 1. The van der Waals surface area contributed by atoms with Crippen LogP contribution in [0.3, 0.4) is 0 Å². The Hall–Kier alpha value is -3.80. The summed E-state index contributed by atoms with van der Waals surface area (Å²) in [5.41, 5.74) is 4.60. The van der Waals surface area contributed by atoms with Crippen LogP contribution in [0.4, 0.5) is 4.39 Å². The molecule has 4 aromatic rings. The van der Waals surface area contributed by atoms with E-state index in [0.29, 0.717) is 86.9 Å². The number of nitrogens with zero attached hydrogens (tertiary/aromatic N) is 2. The molecule has 4 N–H and O–H groups in total. The lowest BCUT2D eigenvalue weighted by Gasteiger charge is -2.16. The van der Waals surface area contributed by atoms with Crippen LogP contribution in [-0.2, 0) is 17.9 Å². The number of pyridine rings is 2. The number of aliphatic hydroxyl groups is 1. The van der Waals surface area contributed by atoms with Gasteiger partial charge >= 0.3 is 0 Å². The highest BCUT2D eigenvalue weighted by atomic mass is 35.5. The fourth-order valence-electron chi connectivity index (χ4n) is 5.44. The number of ether oxygens (including phenoxy) is 2. The zero-order chi connectivity index (χ0) is 32.8. The number of aliphatic hydroxyl groups excluding tert-OH is 1. The van der Waals surface area contributed by atoms with E-state index in [2.05, 4.69) is 20.9 Å². The van der Waals surface area contributed by atoms with Gasteiger partial charge in [-0.2, -0.15) is 0 Å². The number of nitrogens with one attached hydrogen (secondary N) is 3. The van der Waals surface area contributed by atoms with E-state index < -0.39 is 11.9 Å². The van der Waals surface area contributed by atoms with Gasteiger partial charge in [0.25, 0.3) is 0 Å².